The number of ether oxygens (including phenoxy) is 1. The zero-order valence-electron chi connectivity index (χ0n) is 16.3. The van der Waals surface area contributed by atoms with Crippen LogP contribution >= 0.6 is 11.6 Å². The van der Waals surface area contributed by atoms with E-state index in [9.17, 15) is 9.59 Å². The molecule has 0 N–H and O–H groups in total. The Labute approximate surface area is 170 Å². The number of hydrogen-bond donors (Lipinski definition) is 0. The molecular weight excluding hydrogens is 376 g/mol. The maximum atomic E-state index is 13.0. The molecule has 0 radical (unpaired) electrons. The van der Waals surface area contributed by atoms with E-state index in [4.69, 9.17) is 16.3 Å². The van der Waals surface area contributed by atoms with Crippen molar-refractivity contribution in [1.82, 2.24) is 9.80 Å². The molecule has 0 spiro atoms. The lowest BCUT2D eigenvalue weighted by Crippen LogP contribution is -2.37. The summed E-state index contributed by atoms with van der Waals surface area (Å²) in [4.78, 5) is 29.3. The summed E-state index contributed by atoms with van der Waals surface area (Å²) in [5.74, 6) is 0.612. The predicted octanol–water partition coefficient (Wildman–Crippen LogP) is 4.04. The fourth-order valence-electron chi connectivity index (χ4n) is 3.36. The first-order valence-electron chi connectivity index (χ1n) is 9.57. The van der Waals surface area contributed by atoms with Gasteiger partial charge in [-0.1, -0.05) is 29.8 Å². The minimum atomic E-state index is -0.0890. The molecule has 1 fully saturated rings. The number of nitrogens with zero attached hydrogens (tertiary/aromatic N) is 2. The lowest BCUT2D eigenvalue weighted by molar-refractivity contribution is 0.0718. The van der Waals surface area contributed by atoms with Gasteiger partial charge in [0.1, 0.15) is 5.75 Å². The molecular formula is C22H25ClN2O3. The highest BCUT2D eigenvalue weighted by molar-refractivity contribution is 6.33. The van der Waals surface area contributed by atoms with E-state index in [2.05, 4.69) is 0 Å². The molecule has 5 nitrogen and oxygen atoms in total. The Morgan fingerprint density at radius 1 is 1.00 bits per heavy atom. The Balaban J connectivity index is 1.70. The van der Waals surface area contributed by atoms with Crippen LogP contribution in [0.25, 0.3) is 0 Å². The van der Waals surface area contributed by atoms with Gasteiger partial charge in [0.15, 0.2) is 0 Å². The molecule has 0 bridgehead atoms. The molecule has 1 heterocycles. The van der Waals surface area contributed by atoms with Gasteiger partial charge in [-0.2, -0.15) is 0 Å². The molecule has 2 aromatic carbocycles. The molecule has 0 atom stereocenters. The first kappa shape index (κ1) is 20.2. The number of hydrogen-bond acceptors (Lipinski definition) is 3. The van der Waals surface area contributed by atoms with Crippen LogP contribution in [0, 0.1) is 6.92 Å². The third-order valence-electron chi connectivity index (χ3n) is 4.91. The van der Waals surface area contributed by atoms with E-state index in [1.807, 2.05) is 26.0 Å². The second-order valence-corrected chi connectivity index (χ2v) is 7.24. The number of benzene rings is 2. The van der Waals surface area contributed by atoms with Crippen molar-refractivity contribution in [3.8, 4) is 5.75 Å². The van der Waals surface area contributed by atoms with Gasteiger partial charge >= 0.3 is 0 Å². The fourth-order valence-corrected chi connectivity index (χ4v) is 3.57. The first-order valence-corrected chi connectivity index (χ1v) is 9.95. The lowest BCUT2D eigenvalue weighted by Gasteiger charge is -2.23. The number of carbonyl (C=O) groups is 2. The molecule has 0 saturated carbocycles. The van der Waals surface area contributed by atoms with E-state index in [0.717, 1.165) is 17.7 Å². The molecule has 0 aliphatic carbocycles. The molecule has 0 unspecified atom stereocenters. The van der Waals surface area contributed by atoms with Crippen LogP contribution in [-0.4, -0.2) is 54.4 Å². The Kier molecular flexibility index (Phi) is 6.57. The summed E-state index contributed by atoms with van der Waals surface area (Å²) in [6.45, 7) is 6.64. The maximum Gasteiger partial charge on any atom is 0.255 e. The third kappa shape index (κ3) is 4.47. The quantitative estimate of drug-likeness (QED) is 0.778. The van der Waals surface area contributed by atoms with Crippen molar-refractivity contribution >= 4 is 23.4 Å². The van der Waals surface area contributed by atoms with Gasteiger partial charge in [0, 0.05) is 31.7 Å². The van der Waals surface area contributed by atoms with Gasteiger partial charge in [0.25, 0.3) is 11.8 Å². The van der Waals surface area contributed by atoms with Crippen LogP contribution in [0.15, 0.2) is 42.5 Å². The van der Waals surface area contributed by atoms with Crippen molar-refractivity contribution in [3.05, 3.63) is 64.2 Å². The van der Waals surface area contributed by atoms with Crippen LogP contribution in [-0.2, 0) is 0 Å². The summed E-state index contributed by atoms with van der Waals surface area (Å²) in [5, 5.41) is 0.452. The monoisotopic (exact) mass is 400 g/mol. The van der Waals surface area contributed by atoms with E-state index < -0.39 is 0 Å². The zero-order chi connectivity index (χ0) is 20.1. The van der Waals surface area contributed by atoms with Crippen molar-refractivity contribution in [3.63, 3.8) is 0 Å². The van der Waals surface area contributed by atoms with E-state index in [1.54, 1.807) is 40.1 Å². The van der Waals surface area contributed by atoms with Gasteiger partial charge in [-0.25, -0.2) is 0 Å². The van der Waals surface area contributed by atoms with Gasteiger partial charge < -0.3 is 14.5 Å². The van der Waals surface area contributed by atoms with E-state index >= 15 is 0 Å². The van der Waals surface area contributed by atoms with Gasteiger partial charge in [-0.3, -0.25) is 9.59 Å². The van der Waals surface area contributed by atoms with Crippen LogP contribution < -0.4 is 4.74 Å². The molecule has 148 valence electrons. The van der Waals surface area contributed by atoms with Gasteiger partial charge in [0.2, 0.25) is 0 Å². The molecule has 6 heteroatoms. The van der Waals surface area contributed by atoms with Crippen molar-refractivity contribution in [2.75, 3.05) is 32.8 Å². The molecule has 1 saturated heterocycles. The van der Waals surface area contributed by atoms with Gasteiger partial charge in [-0.05, 0) is 50.1 Å². The second kappa shape index (κ2) is 9.11. The summed E-state index contributed by atoms with van der Waals surface area (Å²) >= 11 is 6.17. The zero-order valence-corrected chi connectivity index (χ0v) is 17.0. The summed E-state index contributed by atoms with van der Waals surface area (Å²) in [7, 11) is 0. The van der Waals surface area contributed by atoms with E-state index in [-0.39, 0.29) is 11.8 Å². The standard InChI is InChI=1S/C22H25ClN2O3/c1-3-28-20-15-17(10-9-16(20)2)21(26)24-11-6-12-25(14-13-24)22(27)18-7-4-5-8-19(18)23/h4-5,7-10,15H,3,6,11-14H2,1-2H3. The average molecular weight is 401 g/mol. The summed E-state index contributed by atoms with van der Waals surface area (Å²) in [6.07, 6.45) is 0.728. The molecule has 1 aliphatic heterocycles. The number of halogens is 1. The van der Waals surface area contributed by atoms with Crippen molar-refractivity contribution < 1.29 is 14.3 Å². The molecule has 0 aromatic heterocycles. The van der Waals surface area contributed by atoms with Crippen LogP contribution in [0.4, 0.5) is 0 Å². The summed E-state index contributed by atoms with van der Waals surface area (Å²) in [5.41, 5.74) is 2.12. The van der Waals surface area contributed by atoms with Gasteiger partial charge in [0.05, 0.1) is 17.2 Å². The van der Waals surface area contributed by atoms with Crippen LogP contribution in [0.2, 0.25) is 5.02 Å². The number of rotatable bonds is 4. The highest BCUT2D eigenvalue weighted by atomic mass is 35.5. The summed E-state index contributed by atoms with van der Waals surface area (Å²) in [6, 6.07) is 12.6. The molecule has 3 rings (SSSR count). The Morgan fingerprint density at radius 3 is 2.36 bits per heavy atom. The highest BCUT2D eigenvalue weighted by Crippen LogP contribution is 2.22. The molecule has 1 aliphatic rings. The maximum absolute atomic E-state index is 13.0. The SMILES string of the molecule is CCOc1cc(C(=O)N2CCCN(C(=O)c3ccccc3Cl)CC2)ccc1C. The minimum absolute atomic E-state index is 0.0343. The molecule has 2 aromatic rings. The highest BCUT2D eigenvalue weighted by Gasteiger charge is 2.24. The lowest BCUT2D eigenvalue weighted by atomic mass is 10.1. The molecule has 28 heavy (non-hydrogen) atoms. The Hall–Kier alpha value is -2.53. The summed E-state index contributed by atoms with van der Waals surface area (Å²) < 4.78 is 5.61. The third-order valence-corrected chi connectivity index (χ3v) is 5.24. The van der Waals surface area contributed by atoms with Crippen LogP contribution in [0.3, 0.4) is 0 Å². The van der Waals surface area contributed by atoms with E-state index in [1.165, 1.54) is 0 Å². The normalized spacial score (nSPS) is 14.5. The Morgan fingerprint density at radius 2 is 1.68 bits per heavy atom. The van der Waals surface area contributed by atoms with Crippen molar-refractivity contribution in [2.45, 2.75) is 20.3 Å². The number of carbonyl (C=O) groups excluding carboxylic acids is 2. The second-order valence-electron chi connectivity index (χ2n) is 6.83. The van der Waals surface area contributed by atoms with Crippen molar-refractivity contribution in [2.24, 2.45) is 0 Å². The van der Waals surface area contributed by atoms with Crippen molar-refractivity contribution in [1.29, 1.82) is 0 Å². The fraction of sp³-hybridized carbons (Fsp3) is 0.364. The predicted molar refractivity (Wildman–Crippen MR) is 110 cm³/mol. The Bertz CT molecular complexity index is 869. The molecule has 2 amide bonds. The van der Waals surface area contributed by atoms with Gasteiger partial charge in [-0.15, -0.1) is 0 Å². The number of amides is 2. The first-order chi connectivity index (χ1) is 13.5. The topological polar surface area (TPSA) is 49.9 Å². The van der Waals surface area contributed by atoms with Crippen LogP contribution in [0.5, 0.6) is 5.75 Å². The average Bonchev–Trinajstić information content (AvgIpc) is 2.95. The largest absolute Gasteiger partial charge is 0.494 e. The smallest absolute Gasteiger partial charge is 0.255 e. The minimum Gasteiger partial charge on any atom is -0.494 e. The number of aryl methyl sites for hydroxylation is 1. The van der Waals surface area contributed by atoms with E-state index in [0.29, 0.717) is 48.9 Å². The van der Waals surface area contributed by atoms with Crippen LogP contribution in [0.1, 0.15) is 39.6 Å².